The number of cyclic esters (lactones) is 1. The van der Waals surface area contributed by atoms with E-state index in [0.29, 0.717) is 25.6 Å². The van der Waals surface area contributed by atoms with Gasteiger partial charge in [0.25, 0.3) is 0 Å². The predicted molar refractivity (Wildman–Crippen MR) is 92.8 cm³/mol. The van der Waals surface area contributed by atoms with Crippen LogP contribution in [0.3, 0.4) is 0 Å². The lowest BCUT2D eigenvalue weighted by Gasteiger charge is -2.31. The SMILES string of the molecule is COC(C)CCO[C@H]1[C@H](C)OC(=O)[C@@H](N)CCC[C@@H]1OCC(C)C. The first-order chi connectivity index (χ1) is 11.3. The first-order valence-electron chi connectivity index (χ1n) is 9.07. The largest absolute Gasteiger partial charge is 0.459 e. The third-order valence-electron chi connectivity index (χ3n) is 4.32. The van der Waals surface area contributed by atoms with E-state index in [-0.39, 0.29) is 24.3 Å². The Morgan fingerprint density at radius 1 is 1.25 bits per heavy atom. The van der Waals surface area contributed by atoms with Gasteiger partial charge in [0.1, 0.15) is 18.2 Å². The minimum atomic E-state index is -0.564. The second-order valence-corrected chi connectivity index (χ2v) is 7.12. The van der Waals surface area contributed by atoms with E-state index in [1.165, 1.54) is 0 Å². The predicted octanol–water partition coefficient (Wildman–Crippen LogP) is 2.28. The number of rotatable bonds is 8. The van der Waals surface area contributed by atoms with Gasteiger partial charge in [0.2, 0.25) is 0 Å². The molecule has 0 aromatic heterocycles. The van der Waals surface area contributed by atoms with Gasteiger partial charge in [0.05, 0.1) is 12.2 Å². The van der Waals surface area contributed by atoms with Crippen LogP contribution in [0.15, 0.2) is 0 Å². The quantitative estimate of drug-likeness (QED) is 0.680. The van der Waals surface area contributed by atoms with Gasteiger partial charge in [0.15, 0.2) is 0 Å². The fourth-order valence-electron chi connectivity index (χ4n) is 2.69. The van der Waals surface area contributed by atoms with Crippen molar-refractivity contribution in [2.75, 3.05) is 20.3 Å². The molecule has 0 radical (unpaired) electrons. The van der Waals surface area contributed by atoms with Crippen LogP contribution in [0.2, 0.25) is 0 Å². The topological polar surface area (TPSA) is 80.0 Å². The number of carbonyl (C=O) groups excluding carboxylic acids is 1. The highest BCUT2D eigenvalue weighted by Crippen LogP contribution is 2.22. The molecule has 6 heteroatoms. The highest BCUT2D eigenvalue weighted by molar-refractivity contribution is 5.75. The van der Waals surface area contributed by atoms with Crippen molar-refractivity contribution in [1.29, 1.82) is 0 Å². The molecule has 0 aromatic rings. The molecule has 1 aliphatic rings. The van der Waals surface area contributed by atoms with Crippen molar-refractivity contribution in [1.82, 2.24) is 0 Å². The number of esters is 1. The lowest BCUT2D eigenvalue weighted by Crippen LogP contribution is -2.44. The van der Waals surface area contributed by atoms with Gasteiger partial charge >= 0.3 is 5.97 Å². The summed E-state index contributed by atoms with van der Waals surface area (Å²) in [6.07, 6.45) is 2.37. The Bertz CT molecular complexity index is 363. The maximum absolute atomic E-state index is 12.0. The van der Waals surface area contributed by atoms with E-state index >= 15 is 0 Å². The molecule has 5 atom stereocenters. The first kappa shape index (κ1) is 21.4. The second-order valence-electron chi connectivity index (χ2n) is 7.12. The number of carbonyl (C=O) groups is 1. The molecule has 2 N–H and O–H groups in total. The summed E-state index contributed by atoms with van der Waals surface area (Å²) >= 11 is 0. The maximum Gasteiger partial charge on any atom is 0.323 e. The molecule has 0 saturated carbocycles. The molecule has 1 aliphatic heterocycles. The van der Waals surface area contributed by atoms with Crippen LogP contribution in [0.25, 0.3) is 0 Å². The smallest absolute Gasteiger partial charge is 0.323 e. The van der Waals surface area contributed by atoms with Gasteiger partial charge in [0, 0.05) is 20.3 Å². The summed E-state index contributed by atoms with van der Waals surface area (Å²) in [7, 11) is 1.69. The average Bonchev–Trinajstić information content (AvgIpc) is 2.57. The van der Waals surface area contributed by atoms with Gasteiger partial charge in [-0.3, -0.25) is 4.79 Å². The zero-order valence-corrected chi connectivity index (χ0v) is 15.8. The summed E-state index contributed by atoms with van der Waals surface area (Å²) in [6.45, 7) is 9.28. The van der Waals surface area contributed by atoms with Crippen molar-refractivity contribution in [2.24, 2.45) is 11.7 Å². The van der Waals surface area contributed by atoms with E-state index in [4.69, 9.17) is 24.7 Å². The van der Waals surface area contributed by atoms with Crippen molar-refractivity contribution >= 4 is 5.97 Å². The second kappa shape index (κ2) is 11.0. The Morgan fingerprint density at radius 2 is 1.96 bits per heavy atom. The highest BCUT2D eigenvalue weighted by atomic mass is 16.6. The molecule has 0 spiro atoms. The molecule has 142 valence electrons. The molecular formula is C18H35NO5. The number of hydrogen-bond acceptors (Lipinski definition) is 6. The molecular weight excluding hydrogens is 310 g/mol. The van der Waals surface area contributed by atoms with Crippen molar-refractivity contribution in [2.45, 2.75) is 83.8 Å². The molecule has 0 aromatic carbocycles. The molecule has 1 fully saturated rings. The summed E-state index contributed by atoms with van der Waals surface area (Å²) in [5.74, 6) is 0.0813. The van der Waals surface area contributed by atoms with E-state index in [1.807, 2.05) is 13.8 Å². The molecule has 0 amide bonds. The highest BCUT2D eigenvalue weighted by Gasteiger charge is 2.34. The van der Waals surface area contributed by atoms with E-state index in [1.54, 1.807) is 7.11 Å². The normalized spacial score (nSPS) is 30.4. The van der Waals surface area contributed by atoms with Crippen LogP contribution in [0, 0.1) is 5.92 Å². The Balaban J connectivity index is 2.76. The Hall–Kier alpha value is -0.690. The summed E-state index contributed by atoms with van der Waals surface area (Å²) in [5, 5.41) is 0. The van der Waals surface area contributed by atoms with Crippen LogP contribution in [-0.2, 0) is 23.7 Å². The number of ether oxygens (including phenoxy) is 4. The van der Waals surface area contributed by atoms with E-state index in [9.17, 15) is 4.79 Å². The molecule has 1 unspecified atom stereocenters. The Labute approximate surface area is 146 Å². The fourth-order valence-corrected chi connectivity index (χ4v) is 2.69. The standard InChI is InChI=1S/C18H35NO5/c1-12(2)11-23-16-8-6-7-15(19)18(20)24-14(4)17(16)22-10-9-13(3)21-5/h12-17H,6-11,19H2,1-5H3/t13?,14-,15-,16-,17-/m0/s1. The third kappa shape index (κ3) is 7.47. The van der Waals surface area contributed by atoms with Gasteiger partial charge in [-0.2, -0.15) is 0 Å². The minimum absolute atomic E-state index is 0.0987. The van der Waals surface area contributed by atoms with Gasteiger partial charge in [-0.25, -0.2) is 0 Å². The Kier molecular flexibility index (Phi) is 9.81. The van der Waals surface area contributed by atoms with Gasteiger partial charge in [-0.05, 0) is 45.4 Å². The lowest BCUT2D eigenvalue weighted by atomic mass is 10.0. The van der Waals surface area contributed by atoms with Gasteiger partial charge < -0.3 is 24.7 Å². The fraction of sp³-hybridized carbons (Fsp3) is 0.944. The molecule has 0 bridgehead atoms. The van der Waals surface area contributed by atoms with E-state index in [0.717, 1.165) is 19.3 Å². The van der Waals surface area contributed by atoms with Gasteiger partial charge in [-0.1, -0.05) is 13.8 Å². The number of nitrogens with two attached hydrogens (primary N) is 1. The molecule has 6 nitrogen and oxygen atoms in total. The summed E-state index contributed by atoms with van der Waals surface area (Å²) in [6, 6.07) is -0.564. The van der Waals surface area contributed by atoms with Crippen molar-refractivity contribution in [3.63, 3.8) is 0 Å². The summed E-state index contributed by atoms with van der Waals surface area (Å²) in [4.78, 5) is 12.0. The summed E-state index contributed by atoms with van der Waals surface area (Å²) in [5.41, 5.74) is 5.88. The maximum atomic E-state index is 12.0. The van der Waals surface area contributed by atoms with Crippen LogP contribution in [-0.4, -0.2) is 56.8 Å². The lowest BCUT2D eigenvalue weighted by molar-refractivity contribution is -0.168. The zero-order chi connectivity index (χ0) is 18.1. The zero-order valence-electron chi connectivity index (χ0n) is 15.8. The van der Waals surface area contributed by atoms with Gasteiger partial charge in [-0.15, -0.1) is 0 Å². The summed E-state index contributed by atoms with van der Waals surface area (Å²) < 4.78 is 22.9. The molecule has 24 heavy (non-hydrogen) atoms. The average molecular weight is 345 g/mol. The van der Waals surface area contributed by atoms with Crippen molar-refractivity contribution < 1.29 is 23.7 Å². The number of methoxy groups -OCH3 is 1. The molecule has 1 heterocycles. The molecule has 1 rings (SSSR count). The molecule has 0 aliphatic carbocycles. The van der Waals surface area contributed by atoms with Crippen molar-refractivity contribution in [3.05, 3.63) is 0 Å². The molecule has 1 saturated heterocycles. The van der Waals surface area contributed by atoms with Crippen LogP contribution >= 0.6 is 0 Å². The van der Waals surface area contributed by atoms with Crippen LogP contribution in [0.5, 0.6) is 0 Å². The number of hydrogen-bond donors (Lipinski definition) is 1. The van der Waals surface area contributed by atoms with Crippen LogP contribution in [0.1, 0.15) is 53.4 Å². The monoisotopic (exact) mass is 345 g/mol. The Morgan fingerprint density at radius 3 is 2.58 bits per heavy atom. The first-order valence-corrected chi connectivity index (χ1v) is 9.07. The van der Waals surface area contributed by atoms with Crippen LogP contribution in [0.4, 0.5) is 0 Å². The minimum Gasteiger partial charge on any atom is -0.459 e. The van der Waals surface area contributed by atoms with E-state index in [2.05, 4.69) is 13.8 Å². The third-order valence-corrected chi connectivity index (χ3v) is 4.32. The van der Waals surface area contributed by atoms with Crippen LogP contribution < -0.4 is 5.73 Å². The van der Waals surface area contributed by atoms with Crippen molar-refractivity contribution in [3.8, 4) is 0 Å². The van der Waals surface area contributed by atoms with E-state index < -0.39 is 12.1 Å².